The predicted molar refractivity (Wildman–Crippen MR) is 124 cm³/mol. The van der Waals surface area contributed by atoms with Gasteiger partial charge in [0, 0.05) is 27.6 Å². The van der Waals surface area contributed by atoms with Crippen LogP contribution < -0.4 is 10.1 Å². The molecule has 8 heteroatoms. The SMILES string of the molecule is CC(C)CNC(=O)[C@H](C)N(Cc1ccc(Cl)cc1Cl)C(=O)COc1ccc(Br)cc1. The molecule has 2 aromatic rings. The zero-order chi connectivity index (χ0) is 22.3. The molecule has 0 aliphatic carbocycles. The summed E-state index contributed by atoms with van der Waals surface area (Å²) in [6.07, 6.45) is 0. The number of ether oxygens (including phenoxy) is 1. The summed E-state index contributed by atoms with van der Waals surface area (Å²) in [5.41, 5.74) is 0.696. The van der Waals surface area contributed by atoms with Crippen LogP contribution in [-0.4, -0.2) is 35.9 Å². The molecule has 0 aliphatic heterocycles. The van der Waals surface area contributed by atoms with Gasteiger partial charge in [0.1, 0.15) is 11.8 Å². The number of nitrogens with one attached hydrogen (secondary N) is 1. The van der Waals surface area contributed by atoms with Crippen molar-refractivity contribution in [1.82, 2.24) is 10.2 Å². The van der Waals surface area contributed by atoms with Gasteiger partial charge in [0.05, 0.1) is 0 Å². The average Bonchev–Trinajstić information content (AvgIpc) is 2.70. The third-order valence-corrected chi connectivity index (χ3v) is 5.50. The van der Waals surface area contributed by atoms with Crippen LogP contribution in [0.5, 0.6) is 5.75 Å². The van der Waals surface area contributed by atoms with Crippen molar-refractivity contribution in [1.29, 1.82) is 0 Å². The third kappa shape index (κ3) is 7.49. The molecule has 0 aliphatic rings. The van der Waals surface area contributed by atoms with Crippen LogP contribution in [0.3, 0.4) is 0 Å². The molecule has 2 aromatic carbocycles. The van der Waals surface area contributed by atoms with Gasteiger partial charge in [-0.2, -0.15) is 0 Å². The van der Waals surface area contributed by atoms with Gasteiger partial charge in [-0.1, -0.05) is 59.0 Å². The van der Waals surface area contributed by atoms with Gasteiger partial charge in [0.2, 0.25) is 5.91 Å². The van der Waals surface area contributed by atoms with Crippen LogP contribution in [0.15, 0.2) is 46.9 Å². The molecule has 1 atom stereocenters. The topological polar surface area (TPSA) is 58.6 Å². The Balaban J connectivity index is 2.16. The van der Waals surface area contributed by atoms with E-state index in [4.69, 9.17) is 27.9 Å². The van der Waals surface area contributed by atoms with Gasteiger partial charge in [-0.15, -0.1) is 0 Å². The van der Waals surface area contributed by atoms with Crippen molar-refractivity contribution in [2.75, 3.05) is 13.2 Å². The lowest BCUT2D eigenvalue weighted by molar-refractivity contribution is -0.142. The lowest BCUT2D eigenvalue weighted by atomic mass is 10.1. The number of carbonyl (C=O) groups is 2. The third-order valence-electron chi connectivity index (χ3n) is 4.38. The Morgan fingerprint density at radius 2 is 1.77 bits per heavy atom. The van der Waals surface area contributed by atoms with Crippen molar-refractivity contribution in [3.05, 3.63) is 62.5 Å². The molecule has 0 fully saturated rings. The minimum atomic E-state index is -0.698. The molecule has 0 aromatic heterocycles. The molecule has 0 bridgehead atoms. The van der Waals surface area contributed by atoms with Crippen LogP contribution in [0.1, 0.15) is 26.3 Å². The van der Waals surface area contributed by atoms with E-state index in [0.717, 1.165) is 4.47 Å². The van der Waals surface area contributed by atoms with E-state index in [0.29, 0.717) is 33.8 Å². The van der Waals surface area contributed by atoms with Crippen LogP contribution in [0.2, 0.25) is 10.0 Å². The first kappa shape index (κ1) is 24.5. The Hall–Kier alpha value is -1.76. The molecule has 0 spiro atoms. The first-order valence-electron chi connectivity index (χ1n) is 9.57. The fourth-order valence-corrected chi connectivity index (χ4v) is 3.36. The normalized spacial score (nSPS) is 11.8. The molecule has 1 N–H and O–H groups in total. The van der Waals surface area contributed by atoms with Gasteiger partial charge >= 0.3 is 0 Å². The number of benzene rings is 2. The largest absolute Gasteiger partial charge is 0.484 e. The van der Waals surface area contributed by atoms with E-state index in [1.165, 1.54) is 4.90 Å². The Morgan fingerprint density at radius 1 is 1.10 bits per heavy atom. The lowest BCUT2D eigenvalue weighted by Gasteiger charge is -2.29. The molecule has 0 radical (unpaired) electrons. The van der Waals surface area contributed by atoms with Gasteiger partial charge in [0.15, 0.2) is 6.61 Å². The molecule has 30 heavy (non-hydrogen) atoms. The summed E-state index contributed by atoms with van der Waals surface area (Å²) in [7, 11) is 0. The van der Waals surface area contributed by atoms with Crippen LogP contribution in [0.4, 0.5) is 0 Å². The molecule has 162 valence electrons. The summed E-state index contributed by atoms with van der Waals surface area (Å²) in [5, 5.41) is 3.81. The fraction of sp³-hybridized carbons (Fsp3) is 0.364. The molecule has 0 saturated heterocycles. The Labute approximate surface area is 195 Å². The van der Waals surface area contributed by atoms with Gasteiger partial charge in [-0.25, -0.2) is 0 Å². The standard InChI is InChI=1S/C22H25BrCl2N2O3/c1-14(2)11-26-22(29)15(3)27(12-16-4-7-18(24)10-20(16)25)21(28)13-30-19-8-5-17(23)6-9-19/h4-10,14-15H,11-13H2,1-3H3,(H,26,29)/t15-/m0/s1. The monoisotopic (exact) mass is 514 g/mol. The Kier molecular flexibility index (Phi) is 9.46. The minimum absolute atomic E-state index is 0.162. The number of rotatable bonds is 9. The van der Waals surface area contributed by atoms with Crippen molar-refractivity contribution >= 4 is 50.9 Å². The summed E-state index contributed by atoms with van der Waals surface area (Å²) in [6.45, 7) is 6.20. The highest BCUT2D eigenvalue weighted by Crippen LogP contribution is 2.23. The number of halogens is 3. The van der Waals surface area contributed by atoms with E-state index >= 15 is 0 Å². The number of hydrogen-bond donors (Lipinski definition) is 1. The van der Waals surface area contributed by atoms with Crippen LogP contribution in [0, 0.1) is 5.92 Å². The van der Waals surface area contributed by atoms with Crippen molar-refractivity contribution in [2.24, 2.45) is 5.92 Å². The van der Waals surface area contributed by atoms with E-state index < -0.39 is 6.04 Å². The summed E-state index contributed by atoms with van der Waals surface area (Å²) in [6, 6.07) is 11.5. The Morgan fingerprint density at radius 3 is 2.37 bits per heavy atom. The first-order chi connectivity index (χ1) is 14.2. The minimum Gasteiger partial charge on any atom is -0.484 e. The number of hydrogen-bond acceptors (Lipinski definition) is 3. The summed E-state index contributed by atoms with van der Waals surface area (Å²) >= 11 is 15.6. The molecular weight excluding hydrogens is 491 g/mol. The van der Waals surface area contributed by atoms with Gasteiger partial charge < -0.3 is 15.0 Å². The van der Waals surface area contributed by atoms with E-state index in [-0.39, 0.29) is 25.0 Å². The van der Waals surface area contributed by atoms with Crippen molar-refractivity contribution in [3.8, 4) is 5.75 Å². The van der Waals surface area contributed by atoms with Gasteiger partial charge in [-0.05, 0) is 54.8 Å². The van der Waals surface area contributed by atoms with Crippen LogP contribution in [0.25, 0.3) is 0 Å². The summed E-state index contributed by atoms with van der Waals surface area (Å²) < 4.78 is 6.53. The second-order valence-corrected chi connectivity index (χ2v) is 9.07. The van der Waals surface area contributed by atoms with Crippen LogP contribution >= 0.6 is 39.1 Å². The van der Waals surface area contributed by atoms with E-state index in [9.17, 15) is 9.59 Å². The maximum absolute atomic E-state index is 13.0. The molecule has 5 nitrogen and oxygen atoms in total. The maximum atomic E-state index is 13.0. The quantitative estimate of drug-likeness (QED) is 0.491. The lowest BCUT2D eigenvalue weighted by Crippen LogP contribution is -2.49. The molecule has 2 rings (SSSR count). The van der Waals surface area contributed by atoms with Gasteiger partial charge in [0.25, 0.3) is 5.91 Å². The molecule has 0 saturated carbocycles. The summed E-state index contributed by atoms with van der Waals surface area (Å²) in [4.78, 5) is 27.1. The second kappa shape index (κ2) is 11.6. The maximum Gasteiger partial charge on any atom is 0.261 e. The van der Waals surface area contributed by atoms with E-state index in [1.807, 2.05) is 26.0 Å². The highest BCUT2D eigenvalue weighted by atomic mass is 79.9. The highest BCUT2D eigenvalue weighted by Gasteiger charge is 2.27. The smallest absolute Gasteiger partial charge is 0.261 e. The second-order valence-electron chi connectivity index (χ2n) is 7.31. The zero-order valence-electron chi connectivity index (χ0n) is 17.1. The number of amides is 2. The molecular formula is C22H25BrCl2N2O3. The van der Waals surface area contributed by atoms with Crippen LogP contribution in [-0.2, 0) is 16.1 Å². The van der Waals surface area contributed by atoms with Crippen molar-refractivity contribution in [3.63, 3.8) is 0 Å². The number of nitrogens with zero attached hydrogens (tertiary/aromatic N) is 1. The average molecular weight is 516 g/mol. The van der Waals surface area contributed by atoms with Crippen molar-refractivity contribution < 1.29 is 14.3 Å². The zero-order valence-corrected chi connectivity index (χ0v) is 20.2. The fourth-order valence-electron chi connectivity index (χ4n) is 2.63. The van der Waals surface area contributed by atoms with Gasteiger partial charge in [-0.3, -0.25) is 9.59 Å². The first-order valence-corrected chi connectivity index (χ1v) is 11.1. The van der Waals surface area contributed by atoms with E-state index in [1.54, 1.807) is 37.3 Å². The molecule has 0 heterocycles. The highest BCUT2D eigenvalue weighted by molar-refractivity contribution is 9.10. The van der Waals surface area contributed by atoms with E-state index in [2.05, 4.69) is 21.2 Å². The van der Waals surface area contributed by atoms with Crippen molar-refractivity contribution in [2.45, 2.75) is 33.4 Å². The molecule has 2 amide bonds. The molecule has 0 unspecified atom stereocenters. The number of carbonyl (C=O) groups excluding carboxylic acids is 2. The Bertz CT molecular complexity index is 875. The predicted octanol–water partition coefficient (Wildman–Crippen LogP) is 5.32. The summed E-state index contributed by atoms with van der Waals surface area (Å²) in [5.74, 6) is 0.312.